The fourth-order valence-electron chi connectivity index (χ4n) is 1.32. The molecule has 0 fully saturated rings. The van der Waals surface area contributed by atoms with E-state index in [-0.39, 0.29) is 5.41 Å². The Bertz CT molecular complexity index is 541. The van der Waals surface area contributed by atoms with Crippen LogP contribution < -0.4 is 0 Å². The maximum absolute atomic E-state index is 8.79. The van der Waals surface area contributed by atoms with Crippen molar-refractivity contribution in [2.24, 2.45) is 0 Å². The highest BCUT2D eigenvalue weighted by atomic mass is 32.1. The lowest BCUT2D eigenvalue weighted by Crippen LogP contribution is -2.09. The summed E-state index contributed by atoms with van der Waals surface area (Å²) >= 11 is 1.70. The second kappa shape index (κ2) is 3.32. The zero-order valence-corrected chi connectivity index (χ0v) is 9.85. The molecule has 15 heavy (non-hydrogen) atoms. The Balaban J connectivity index is 2.62. The van der Waals surface area contributed by atoms with E-state index in [0.29, 0.717) is 5.56 Å². The third-order valence-corrected chi connectivity index (χ3v) is 3.62. The average molecular weight is 216 g/mol. The first kappa shape index (κ1) is 10.1. The molecule has 76 valence electrons. The largest absolute Gasteiger partial charge is 0.241 e. The molecule has 3 heteroatoms. The predicted octanol–water partition coefficient (Wildman–Crippen LogP) is 3.47. The highest BCUT2D eigenvalue weighted by Crippen LogP contribution is 2.31. The molecule has 1 aromatic heterocycles. The Kier molecular flexibility index (Phi) is 2.24. The predicted molar refractivity (Wildman–Crippen MR) is 63.0 cm³/mol. The highest BCUT2D eigenvalue weighted by molar-refractivity contribution is 7.18. The molecule has 0 aliphatic carbocycles. The van der Waals surface area contributed by atoms with E-state index in [2.05, 4.69) is 31.8 Å². The Labute approximate surface area is 93.2 Å². The van der Waals surface area contributed by atoms with Gasteiger partial charge in [-0.3, -0.25) is 0 Å². The molecule has 0 aliphatic rings. The molecule has 2 rings (SSSR count). The SMILES string of the molecule is CC(C)(C)c1nc2cc(C#N)ccc2s1. The number of nitrogens with zero attached hydrogens (tertiary/aromatic N) is 2. The molecule has 0 amide bonds. The van der Waals surface area contributed by atoms with Crippen molar-refractivity contribution in [2.45, 2.75) is 26.2 Å². The van der Waals surface area contributed by atoms with Crippen molar-refractivity contribution in [3.05, 3.63) is 28.8 Å². The van der Waals surface area contributed by atoms with Crippen LogP contribution >= 0.6 is 11.3 Å². The van der Waals surface area contributed by atoms with Crippen LogP contribution in [0.3, 0.4) is 0 Å². The molecule has 0 saturated heterocycles. The van der Waals surface area contributed by atoms with Gasteiger partial charge >= 0.3 is 0 Å². The molecular formula is C12H12N2S. The quantitative estimate of drug-likeness (QED) is 0.676. The van der Waals surface area contributed by atoms with Crippen LogP contribution in [-0.2, 0) is 5.41 Å². The normalized spacial score (nSPS) is 11.6. The van der Waals surface area contributed by atoms with E-state index in [0.717, 1.165) is 15.2 Å². The van der Waals surface area contributed by atoms with Crippen LogP contribution in [0.25, 0.3) is 10.2 Å². The Morgan fingerprint density at radius 2 is 2.07 bits per heavy atom. The number of hydrogen-bond acceptors (Lipinski definition) is 3. The van der Waals surface area contributed by atoms with E-state index in [9.17, 15) is 0 Å². The van der Waals surface area contributed by atoms with Crippen LogP contribution in [0.5, 0.6) is 0 Å². The molecule has 0 unspecified atom stereocenters. The van der Waals surface area contributed by atoms with Crippen molar-refractivity contribution >= 4 is 21.6 Å². The first-order valence-electron chi connectivity index (χ1n) is 4.82. The lowest BCUT2D eigenvalue weighted by molar-refractivity contribution is 0.587. The maximum atomic E-state index is 8.79. The maximum Gasteiger partial charge on any atom is 0.0992 e. The average Bonchev–Trinajstić information content (AvgIpc) is 2.59. The molecular weight excluding hydrogens is 204 g/mol. The van der Waals surface area contributed by atoms with E-state index < -0.39 is 0 Å². The molecule has 0 radical (unpaired) electrons. The smallest absolute Gasteiger partial charge is 0.0992 e. The van der Waals surface area contributed by atoms with Gasteiger partial charge < -0.3 is 0 Å². The van der Waals surface area contributed by atoms with Crippen molar-refractivity contribution < 1.29 is 0 Å². The highest BCUT2D eigenvalue weighted by Gasteiger charge is 2.18. The molecule has 0 bridgehead atoms. The van der Waals surface area contributed by atoms with Crippen molar-refractivity contribution in [2.75, 3.05) is 0 Å². The summed E-state index contributed by atoms with van der Waals surface area (Å²) in [5.74, 6) is 0. The topological polar surface area (TPSA) is 36.7 Å². The van der Waals surface area contributed by atoms with E-state index in [1.807, 2.05) is 18.2 Å². The number of nitriles is 1. The van der Waals surface area contributed by atoms with Gasteiger partial charge in [0, 0.05) is 5.41 Å². The summed E-state index contributed by atoms with van der Waals surface area (Å²) in [6.45, 7) is 6.45. The summed E-state index contributed by atoms with van der Waals surface area (Å²) in [6, 6.07) is 7.79. The molecule has 0 saturated carbocycles. The van der Waals surface area contributed by atoms with Crippen LogP contribution in [-0.4, -0.2) is 4.98 Å². The Hall–Kier alpha value is -1.40. The van der Waals surface area contributed by atoms with Crippen molar-refractivity contribution in [3.63, 3.8) is 0 Å². The summed E-state index contributed by atoms with van der Waals surface area (Å²) in [5.41, 5.74) is 1.69. The number of aromatic nitrogens is 1. The van der Waals surface area contributed by atoms with Crippen molar-refractivity contribution in [1.82, 2.24) is 4.98 Å². The minimum absolute atomic E-state index is 0.0799. The number of benzene rings is 1. The molecule has 1 aromatic carbocycles. The first-order valence-corrected chi connectivity index (χ1v) is 5.63. The van der Waals surface area contributed by atoms with Gasteiger partial charge in [0.25, 0.3) is 0 Å². The minimum Gasteiger partial charge on any atom is -0.241 e. The van der Waals surface area contributed by atoms with E-state index in [1.54, 1.807) is 11.3 Å². The molecule has 0 N–H and O–H groups in total. The van der Waals surface area contributed by atoms with Crippen LogP contribution in [0.4, 0.5) is 0 Å². The van der Waals surface area contributed by atoms with Crippen LogP contribution in [0.2, 0.25) is 0 Å². The molecule has 1 heterocycles. The Morgan fingerprint density at radius 1 is 1.33 bits per heavy atom. The summed E-state index contributed by atoms with van der Waals surface area (Å²) < 4.78 is 1.15. The van der Waals surface area contributed by atoms with Crippen LogP contribution in [0.15, 0.2) is 18.2 Å². The number of fused-ring (bicyclic) bond motifs is 1. The molecule has 0 spiro atoms. The molecule has 2 nitrogen and oxygen atoms in total. The van der Waals surface area contributed by atoms with Gasteiger partial charge in [0.05, 0.1) is 26.9 Å². The molecule has 2 aromatic rings. The summed E-state index contributed by atoms with van der Waals surface area (Å²) in [4.78, 5) is 4.56. The number of rotatable bonds is 0. The first-order chi connectivity index (χ1) is 7.00. The Morgan fingerprint density at radius 3 is 2.67 bits per heavy atom. The van der Waals surface area contributed by atoms with Gasteiger partial charge in [0.2, 0.25) is 0 Å². The molecule has 0 atom stereocenters. The van der Waals surface area contributed by atoms with Gasteiger partial charge in [-0.25, -0.2) is 4.98 Å². The lowest BCUT2D eigenvalue weighted by atomic mass is 9.98. The third kappa shape index (κ3) is 1.86. The fraction of sp³-hybridized carbons (Fsp3) is 0.333. The van der Waals surface area contributed by atoms with Gasteiger partial charge in [0.15, 0.2) is 0 Å². The van der Waals surface area contributed by atoms with Crippen molar-refractivity contribution in [1.29, 1.82) is 5.26 Å². The number of thiazole rings is 1. The van der Waals surface area contributed by atoms with Gasteiger partial charge in [0.1, 0.15) is 0 Å². The van der Waals surface area contributed by atoms with Gasteiger partial charge in [-0.05, 0) is 18.2 Å². The summed E-state index contributed by atoms with van der Waals surface area (Å²) in [5, 5.41) is 9.91. The minimum atomic E-state index is 0.0799. The third-order valence-electron chi connectivity index (χ3n) is 2.16. The standard InChI is InChI=1S/C12H12N2S/c1-12(2,3)11-14-9-6-8(7-13)4-5-10(9)15-11/h4-6H,1-3H3. The van der Waals surface area contributed by atoms with Crippen LogP contribution in [0, 0.1) is 11.3 Å². The molecule has 0 aliphatic heterocycles. The summed E-state index contributed by atoms with van der Waals surface area (Å²) in [6.07, 6.45) is 0. The van der Waals surface area contributed by atoms with Gasteiger partial charge in [-0.15, -0.1) is 11.3 Å². The monoisotopic (exact) mass is 216 g/mol. The van der Waals surface area contributed by atoms with Gasteiger partial charge in [-0.1, -0.05) is 20.8 Å². The van der Waals surface area contributed by atoms with Crippen molar-refractivity contribution in [3.8, 4) is 6.07 Å². The van der Waals surface area contributed by atoms with E-state index >= 15 is 0 Å². The van der Waals surface area contributed by atoms with Gasteiger partial charge in [-0.2, -0.15) is 5.26 Å². The van der Waals surface area contributed by atoms with Crippen LogP contribution in [0.1, 0.15) is 31.3 Å². The second-order valence-corrected chi connectivity index (χ2v) is 5.59. The fourth-order valence-corrected chi connectivity index (χ4v) is 2.32. The number of hydrogen-bond donors (Lipinski definition) is 0. The van der Waals surface area contributed by atoms with E-state index in [4.69, 9.17) is 5.26 Å². The second-order valence-electron chi connectivity index (χ2n) is 4.56. The zero-order chi connectivity index (χ0) is 11.1. The summed E-state index contributed by atoms with van der Waals surface area (Å²) in [7, 11) is 0. The lowest BCUT2D eigenvalue weighted by Gasteiger charge is -2.13. The zero-order valence-electron chi connectivity index (χ0n) is 9.03. The van der Waals surface area contributed by atoms with E-state index in [1.165, 1.54) is 0 Å².